The maximum absolute atomic E-state index is 12.8. The van der Waals surface area contributed by atoms with Crippen LogP contribution in [0, 0.1) is 0 Å². The van der Waals surface area contributed by atoms with Crippen LogP contribution in [0.4, 0.5) is 0 Å². The fourth-order valence-corrected chi connectivity index (χ4v) is 7.49. The number of phosphoric acid groups is 1. The topological polar surface area (TPSA) is 210 Å². The first kappa shape index (κ1) is 54.8. The summed E-state index contributed by atoms with van der Waals surface area (Å²) in [7, 11) is -5.13. The van der Waals surface area contributed by atoms with Crippen LogP contribution in [0.25, 0.3) is 0 Å². The molecule has 0 aliphatic heterocycles. The Hall–Kier alpha value is -2.19. The van der Waals surface area contributed by atoms with Gasteiger partial charge in [-0.15, -0.1) is 0 Å². The van der Waals surface area contributed by atoms with Gasteiger partial charge in [-0.1, -0.05) is 152 Å². The standard InChI is InChI=1S/C45H79O13P/c1-3-5-7-9-11-13-15-17-18-19-20-22-23-25-27-29-31-33-38(46)55-35-37(36-56-59(53,54)58-45-43(51)41(49)40(48)42(50)44(45)52)57-39(47)34-32-30-28-26-24-21-16-14-12-10-8-6-4-2/h11,13,17-18,20,22,25,27,37,40-45,48-52H,3-10,12,14-16,19,21,23-24,26,28-36H2,1-2H3,(H,53,54)/b13-11+,18-17+,22-20+,27-25+/t37-,40?,41-,42?,43?,44?,45?/m0/s1. The summed E-state index contributed by atoms with van der Waals surface area (Å²) in [5.74, 6) is -1.16. The zero-order chi connectivity index (χ0) is 43.6. The van der Waals surface area contributed by atoms with Crippen molar-refractivity contribution in [3.63, 3.8) is 0 Å². The Balaban J connectivity index is 2.52. The summed E-state index contributed by atoms with van der Waals surface area (Å²) >= 11 is 0. The molecule has 1 aliphatic carbocycles. The molecule has 0 radical (unpaired) electrons. The number of unbranched alkanes of at least 4 members (excludes halogenated alkanes) is 16. The van der Waals surface area contributed by atoms with E-state index in [1.807, 2.05) is 12.2 Å². The Morgan fingerprint density at radius 3 is 1.44 bits per heavy atom. The monoisotopic (exact) mass is 859 g/mol. The molecule has 0 spiro atoms. The minimum atomic E-state index is -5.13. The second kappa shape index (κ2) is 35.4. The SMILES string of the molecule is CCCCC/C=C/C/C=C/C/C=C/C/C=C/CCCC(=O)OC[C@@H](COP(=O)(O)OC1C(O)C(O)C(O)[C@H](O)C1O)OC(=O)CCCCCCCCCCCCCCC. The Morgan fingerprint density at radius 1 is 0.525 bits per heavy atom. The van der Waals surface area contributed by atoms with Crippen LogP contribution in [0.2, 0.25) is 0 Å². The number of rotatable bonds is 36. The van der Waals surface area contributed by atoms with E-state index < -0.39 is 75.7 Å². The summed E-state index contributed by atoms with van der Waals surface area (Å²) in [5.41, 5.74) is 0. The average Bonchev–Trinajstić information content (AvgIpc) is 3.21. The van der Waals surface area contributed by atoms with Gasteiger partial charge in [0.15, 0.2) is 6.10 Å². The predicted octanol–water partition coefficient (Wildman–Crippen LogP) is 8.39. The van der Waals surface area contributed by atoms with Crippen molar-refractivity contribution in [2.75, 3.05) is 13.2 Å². The number of hydrogen-bond acceptors (Lipinski definition) is 12. The van der Waals surface area contributed by atoms with Gasteiger partial charge in [-0.05, 0) is 51.4 Å². The van der Waals surface area contributed by atoms with Gasteiger partial charge in [-0.25, -0.2) is 4.57 Å². The van der Waals surface area contributed by atoms with Crippen molar-refractivity contribution in [1.82, 2.24) is 0 Å². The molecule has 0 bridgehead atoms. The summed E-state index contributed by atoms with van der Waals surface area (Å²) in [6.45, 7) is 3.21. The van der Waals surface area contributed by atoms with E-state index in [0.29, 0.717) is 19.3 Å². The largest absolute Gasteiger partial charge is 0.472 e. The summed E-state index contributed by atoms with van der Waals surface area (Å²) in [4.78, 5) is 35.6. The minimum Gasteiger partial charge on any atom is -0.462 e. The molecular weight excluding hydrogens is 779 g/mol. The smallest absolute Gasteiger partial charge is 0.462 e. The third-order valence-corrected chi connectivity index (χ3v) is 11.2. The van der Waals surface area contributed by atoms with E-state index in [4.69, 9.17) is 18.5 Å². The van der Waals surface area contributed by atoms with Gasteiger partial charge in [-0.2, -0.15) is 0 Å². The van der Waals surface area contributed by atoms with Gasteiger partial charge in [0.25, 0.3) is 0 Å². The van der Waals surface area contributed by atoms with Crippen LogP contribution in [-0.4, -0.2) is 98.3 Å². The van der Waals surface area contributed by atoms with Gasteiger partial charge in [-0.3, -0.25) is 18.6 Å². The van der Waals surface area contributed by atoms with Crippen molar-refractivity contribution < 1.29 is 63.1 Å². The molecule has 1 fully saturated rings. The van der Waals surface area contributed by atoms with Crippen LogP contribution in [0.3, 0.4) is 0 Å². The lowest BCUT2D eigenvalue weighted by Gasteiger charge is -2.41. The molecule has 8 atom stereocenters. The van der Waals surface area contributed by atoms with Crippen molar-refractivity contribution in [3.05, 3.63) is 48.6 Å². The quantitative estimate of drug-likeness (QED) is 0.0152. The lowest BCUT2D eigenvalue weighted by atomic mass is 9.85. The second-order valence-corrected chi connectivity index (χ2v) is 17.0. The van der Waals surface area contributed by atoms with Crippen molar-refractivity contribution >= 4 is 19.8 Å². The van der Waals surface area contributed by atoms with Gasteiger partial charge < -0.3 is 39.9 Å². The van der Waals surface area contributed by atoms with Crippen molar-refractivity contribution in [3.8, 4) is 0 Å². The first-order valence-electron chi connectivity index (χ1n) is 22.4. The molecule has 0 amide bonds. The minimum absolute atomic E-state index is 0.0864. The van der Waals surface area contributed by atoms with E-state index in [-0.39, 0.29) is 12.8 Å². The Labute approximate surface area is 354 Å². The summed E-state index contributed by atoms with van der Waals surface area (Å²) < 4.78 is 33.4. The molecular formula is C45H79O13P. The zero-order valence-electron chi connectivity index (χ0n) is 36.0. The first-order valence-corrected chi connectivity index (χ1v) is 23.9. The molecule has 1 rings (SSSR count). The van der Waals surface area contributed by atoms with E-state index >= 15 is 0 Å². The third kappa shape index (κ3) is 28.1. The van der Waals surface area contributed by atoms with Gasteiger partial charge in [0.05, 0.1) is 6.61 Å². The molecule has 14 heteroatoms. The van der Waals surface area contributed by atoms with Gasteiger partial charge in [0.2, 0.25) is 0 Å². The van der Waals surface area contributed by atoms with Crippen LogP contribution < -0.4 is 0 Å². The van der Waals surface area contributed by atoms with Gasteiger partial charge in [0, 0.05) is 12.8 Å². The Morgan fingerprint density at radius 2 is 0.932 bits per heavy atom. The average molecular weight is 859 g/mol. The molecule has 6 N–H and O–H groups in total. The van der Waals surface area contributed by atoms with Crippen LogP contribution >= 0.6 is 7.82 Å². The molecule has 0 heterocycles. The van der Waals surface area contributed by atoms with Crippen molar-refractivity contribution in [2.24, 2.45) is 0 Å². The highest BCUT2D eigenvalue weighted by atomic mass is 31.2. The molecule has 0 aromatic heterocycles. The van der Waals surface area contributed by atoms with Crippen molar-refractivity contribution in [2.45, 2.75) is 211 Å². The first-order chi connectivity index (χ1) is 28.4. The molecule has 0 saturated heterocycles. The number of ether oxygens (including phenoxy) is 2. The van der Waals surface area contributed by atoms with E-state index in [1.54, 1.807) is 0 Å². The molecule has 1 aliphatic rings. The Bertz CT molecular complexity index is 1220. The maximum Gasteiger partial charge on any atom is 0.472 e. The molecule has 342 valence electrons. The highest BCUT2D eigenvalue weighted by Crippen LogP contribution is 2.47. The van der Waals surface area contributed by atoms with Gasteiger partial charge in [0.1, 0.15) is 43.2 Å². The number of phosphoric ester groups is 1. The zero-order valence-corrected chi connectivity index (χ0v) is 36.9. The lowest BCUT2D eigenvalue weighted by molar-refractivity contribution is -0.220. The highest BCUT2D eigenvalue weighted by molar-refractivity contribution is 7.47. The summed E-state index contributed by atoms with van der Waals surface area (Å²) in [5, 5.41) is 50.1. The predicted molar refractivity (Wildman–Crippen MR) is 230 cm³/mol. The number of esters is 2. The molecule has 59 heavy (non-hydrogen) atoms. The van der Waals surface area contributed by atoms with Crippen LogP contribution in [0.5, 0.6) is 0 Å². The highest BCUT2D eigenvalue weighted by Gasteiger charge is 2.51. The fourth-order valence-electron chi connectivity index (χ4n) is 6.51. The normalized spacial score (nSPS) is 22.8. The molecule has 6 unspecified atom stereocenters. The lowest BCUT2D eigenvalue weighted by Crippen LogP contribution is -2.64. The maximum atomic E-state index is 12.8. The number of aliphatic hydroxyl groups is 5. The fraction of sp³-hybridized carbons (Fsp3) is 0.778. The molecule has 0 aromatic carbocycles. The number of allylic oxidation sites excluding steroid dienone is 8. The van der Waals surface area contributed by atoms with Crippen LogP contribution in [0.15, 0.2) is 48.6 Å². The van der Waals surface area contributed by atoms with E-state index in [0.717, 1.165) is 51.4 Å². The summed E-state index contributed by atoms with van der Waals surface area (Å²) in [6.07, 6.45) is 27.5. The van der Waals surface area contributed by atoms with Crippen molar-refractivity contribution in [1.29, 1.82) is 0 Å². The number of aliphatic hydroxyl groups excluding tert-OH is 5. The van der Waals surface area contributed by atoms with Crippen LogP contribution in [-0.2, 0) is 32.7 Å². The number of carbonyl (C=O) groups is 2. The third-order valence-electron chi connectivity index (χ3n) is 10.2. The summed E-state index contributed by atoms with van der Waals surface area (Å²) in [6, 6.07) is 0. The van der Waals surface area contributed by atoms with Gasteiger partial charge >= 0.3 is 19.8 Å². The van der Waals surface area contributed by atoms with E-state index in [9.17, 15) is 44.6 Å². The Kier molecular flexibility index (Phi) is 32.9. The van der Waals surface area contributed by atoms with Crippen LogP contribution in [0.1, 0.15) is 168 Å². The van der Waals surface area contributed by atoms with E-state index in [2.05, 4.69) is 50.3 Å². The van der Waals surface area contributed by atoms with E-state index in [1.165, 1.54) is 70.6 Å². The molecule has 1 saturated carbocycles. The number of carbonyl (C=O) groups excluding carboxylic acids is 2. The molecule has 13 nitrogen and oxygen atoms in total. The molecule has 0 aromatic rings. The second-order valence-electron chi connectivity index (χ2n) is 15.6. The number of hydrogen-bond donors (Lipinski definition) is 6.